The lowest BCUT2D eigenvalue weighted by molar-refractivity contribution is 1.08. The van der Waals surface area contributed by atoms with Crippen LogP contribution < -0.4 is 0 Å². The SMILES string of the molecule is c1ccc(-c2nc(-c3ccccc3)nc(-c3ccc(-c4cccc5c4ccc4ccc6c7ccccc7ccc6c45)c4ccccc34)n2)cc1. The van der Waals surface area contributed by atoms with Crippen LogP contribution in [0.5, 0.6) is 0 Å². The normalized spacial score (nSPS) is 11.6. The zero-order valence-corrected chi connectivity index (χ0v) is 27.1. The number of hydrogen-bond donors (Lipinski definition) is 0. The van der Waals surface area contributed by atoms with Crippen LogP contribution in [0, 0.1) is 0 Å². The molecule has 3 heteroatoms. The fourth-order valence-corrected chi connectivity index (χ4v) is 7.57. The summed E-state index contributed by atoms with van der Waals surface area (Å²) in [5.41, 5.74) is 5.27. The molecule has 232 valence electrons. The minimum atomic E-state index is 0.656. The van der Waals surface area contributed by atoms with Gasteiger partial charge < -0.3 is 0 Å². The Bertz CT molecular complexity index is 2860. The molecule has 0 N–H and O–H groups in total. The molecule has 0 spiro atoms. The van der Waals surface area contributed by atoms with Crippen molar-refractivity contribution in [1.29, 1.82) is 0 Å². The molecule has 0 atom stereocenters. The maximum atomic E-state index is 5.06. The van der Waals surface area contributed by atoms with Gasteiger partial charge in [-0.25, -0.2) is 15.0 Å². The van der Waals surface area contributed by atoms with E-state index in [1.165, 1.54) is 54.2 Å². The molecule has 10 rings (SSSR count). The summed E-state index contributed by atoms with van der Waals surface area (Å²) < 4.78 is 0. The maximum absolute atomic E-state index is 5.06. The molecule has 9 aromatic carbocycles. The molecule has 0 fully saturated rings. The quantitative estimate of drug-likeness (QED) is 0.181. The fraction of sp³-hybridized carbons (Fsp3) is 0. The monoisotopic (exact) mass is 635 g/mol. The first-order chi connectivity index (χ1) is 24.8. The van der Waals surface area contributed by atoms with E-state index in [0.717, 1.165) is 27.5 Å². The van der Waals surface area contributed by atoms with Crippen LogP contribution in [0.4, 0.5) is 0 Å². The first kappa shape index (κ1) is 28.3. The highest BCUT2D eigenvalue weighted by Crippen LogP contribution is 2.42. The van der Waals surface area contributed by atoms with Crippen LogP contribution in [0.25, 0.3) is 99.2 Å². The van der Waals surface area contributed by atoms with E-state index < -0.39 is 0 Å². The number of fused-ring (bicyclic) bond motifs is 8. The van der Waals surface area contributed by atoms with Crippen LogP contribution >= 0.6 is 0 Å². The van der Waals surface area contributed by atoms with Crippen molar-refractivity contribution >= 4 is 53.9 Å². The van der Waals surface area contributed by atoms with Gasteiger partial charge >= 0.3 is 0 Å². The van der Waals surface area contributed by atoms with E-state index in [0.29, 0.717) is 17.5 Å². The summed E-state index contributed by atoms with van der Waals surface area (Å²) in [7, 11) is 0. The van der Waals surface area contributed by atoms with Gasteiger partial charge in [-0.05, 0) is 71.1 Å². The number of rotatable bonds is 4. The van der Waals surface area contributed by atoms with Crippen molar-refractivity contribution in [1.82, 2.24) is 15.0 Å². The number of aromatic nitrogens is 3. The van der Waals surface area contributed by atoms with E-state index in [4.69, 9.17) is 15.0 Å². The highest BCUT2D eigenvalue weighted by molar-refractivity contribution is 6.26. The summed E-state index contributed by atoms with van der Waals surface area (Å²) in [6, 6.07) is 62.3. The predicted octanol–water partition coefficient (Wildman–Crippen LogP) is 12.3. The van der Waals surface area contributed by atoms with Crippen molar-refractivity contribution in [3.05, 3.63) is 176 Å². The molecule has 0 radical (unpaired) electrons. The Labute approximate surface area is 289 Å². The molecule has 0 aliphatic carbocycles. The fourth-order valence-electron chi connectivity index (χ4n) is 7.57. The van der Waals surface area contributed by atoms with Gasteiger partial charge in [-0.2, -0.15) is 0 Å². The van der Waals surface area contributed by atoms with Gasteiger partial charge in [0.15, 0.2) is 17.5 Å². The molecule has 0 amide bonds. The van der Waals surface area contributed by atoms with Crippen molar-refractivity contribution < 1.29 is 0 Å². The lowest BCUT2D eigenvalue weighted by Crippen LogP contribution is -2.00. The van der Waals surface area contributed by atoms with Gasteiger partial charge in [0, 0.05) is 16.7 Å². The summed E-state index contributed by atoms with van der Waals surface area (Å²) in [5.74, 6) is 1.97. The molecule has 3 nitrogen and oxygen atoms in total. The largest absolute Gasteiger partial charge is 0.208 e. The molecule has 0 unspecified atom stereocenters. The van der Waals surface area contributed by atoms with E-state index in [9.17, 15) is 0 Å². The van der Waals surface area contributed by atoms with Gasteiger partial charge in [0.05, 0.1) is 0 Å². The van der Waals surface area contributed by atoms with Crippen molar-refractivity contribution in [2.45, 2.75) is 0 Å². The van der Waals surface area contributed by atoms with Crippen LogP contribution in [0.15, 0.2) is 176 Å². The Kier molecular flexibility index (Phi) is 6.49. The predicted molar refractivity (Wildman–Crippen MR) is 209 cm³/mol. The van der Waals surface area contributed by atoms with E-state index in [1.54, 1.807) is 0 Å². The summed E-state index contributed by atoms with van der Waals surface area (Å²) in [6.45, 7) is 0. The number of hydrogen-bond acceptors (Lipinski definition) is 3. The van der Waals surface area contributed by atoms with Gasteiger partial charge in [-0.1, -0.05) is 170 Å². The molecule has 0 bridgehead atoms. The zero-order chi connectivity index (χ0) is 33.0. The van der Waals surface area contributed by atoms with Gasteiger partial charge in [0.2, 0.25) is 0 Å². The Morgan fingerprint density at radius 2 is 0.700 bits per heavy atom. The minimum Gasteiger partial charge on any atom is -0.208 e. The van der Waals surface area contributed by atoms with Gasteiger partial charge in [0.25, 0.3) is 0 Å². The number of benzene rings is 9. The third kappa shape index (κ3) is 4.56. The van der Waals surface area contributed by atoms with Gasteiger partial charge in [0.1, 0.15) is 0 Å². The third-order valence-corrected chi connectivity index (χ3v) is 9.92. The van der Waals surface area contributed by atoms with Gasteiger partial charge in [-0.3, -0.25) is 0 Å². The molecule has 10 aromatic rings. The summed E-state index contributed by atoms with van der Waals surface area (Å²) in [4.78, 5) is 15.0. The molecule has 1 aromatic heterocycles. The van der Waals surface area contributed by atoms with E-state index in [2.05, 4.69) is 115 Å². The second-order valence-corrected chi connectivity index (χ2v) is 12.8. The molecule has 0 aliphatic heterocycles. The molecule has 50 heavy (non-hydrogen) atoms. The van der Waals surface area contributed by atoms with Crippen molar-refractivity contribution in [3.8, 4) is 45.3 Å². The minimum absolute atomic E-state index is 0.656. The molecule has 1 heterocycles. The number of nitrogens with zero attached hydrogens (tertiary/aromatic N) is 3. The van der Waals surface area contributed by atoms with Crippen LogP contribution in [-0.4, -0.2) is 15.0 Å². The molecule has 0 saturated carbocycles. The summed E-state index contributed by atoms with van der Waals surface area (Å²) in [6.07, 6.45) is 0. The zero-order valence-electron chi connectivity index (χ0n) is 27.1. The highest BCUT2D eigenvalue weighted by atomic mass is 15.0. The molecular weight excluding hydrogens is 607 g/mol. The van der Waals surface area contributed by atoms with E-state index in [-0.39, 0.29) is 0 Å². The van der Waals surface area contributed by atoms with Crippen molar-refractivity contribution in [3.63, 3.8) is 0 Å². The Morgan fingerprint density at radius 3 is 1.42 bits per heavy atom. The van der Waals surface area contributed by atoms with E-state index in [1.807, 2.05) is 60.7 Å². The second-order valence-electron chi connectivity index (χ2n) is 12.8. The highest BCUT2D eigenvalue weighted by Gasteiger charge is 2.17. The summed E-state index contributed by atoms with van der Waals surface area (Å²) >= 11 is 0. The van der Waals surface area contributed by atoms with Gasteiger partial charge in [-0.15, -0.1) is 0 Å². The first-order valence-corrected chi connectivity index (χ1v) is 17.0. The lowest BCUT2D eigenvalue weighted by Gasteiger charge is -2.16. The van der Waals surface area contributed by atoms with Crippen LogP contribution in [-0.2, 0) is 0 Å². The Hall–Kier alpha value is -6.71. The second kappa shape index (κ2) is 11.5. The average molecular weight is 636 g/mol. The molecule has 0 saturated heterocycles. The standard InChI is InChI=1S/C47H29N3/c1-3-13-32(14-4-1)45-48-46(33-15-5-2-6-16-33)50-47(49-45)43-29-28-39(35-18-9-10-19-37(35)43)36-20-11-21-41-40(36)26-24-31-23-25-38-34-17-8-7-12-30(34)22-27-42(38)44(31)41/h1-29H. The van der Waals surface area contributed by atoms with Crippen LogP contribution in [0.1, 0.15) is 0 Å². The Balaban J connectivity index is 1.20. The van der Waals surface area contributed by atoms with Crippen LogP contribution in [0.2, 0.25) is 0 Å². The molecule has 0 aliphatic rings. The van der Waals surface area contributed by atoms with Crippen molar-refractivity contribution in [2.24, 2.45) is 0 Å². The van der Waals surface area contributed by atoms with E-state index >= 15 is 0 Å². The average Bonchev–Trinajstić information content (AvgIpc) is 3.20. The lowest BCUT2D eigenvalue weighted by atomic mass is 9.89. The Morgan fingerprint density at radius 1 is 0.240 bits per heavy atom. The molecular formula is C47H29N3. The topological polar surface area (TPSA) is 38.7 Å². The maximum Gasteiger partial charge on any atom is 0.164 e. The summed E-state index contributed by atoms with van der Waals surface area (Å²) in [5, 5.41) is 12.4. The third-order valence-electron chi connectivity index (χ3n) is 9.92. The smallest absolute Gasteiger partial charge is 0.164 e. The first-order valence-electron chi connectivity index (χ1n) is 17.0. The van der Waals surface area contributed by atoms with Crippen LogP contribution in [0.3, 0.4) is 0 Å². The van der Waals surface area contributed by atoms with Crippen molar-refractivity contribution in [2.75, 3.05) is 0 Å².